The lowest BCUT2D eigenvalue weighted by Crippen LogP contribution is -2.23. The summed E-state index contributed by atoms with van der Waals surface area (Å²) < 4.78 is 5.25. The zero-order chi connectivity index (χ0) is 22.2. The maximum Gasteiger partial charge on any atom is 0.323 e. The molecule has 8 nitrogen and oxygen atoms in total. The number of para-hydroxylation sites is 2. The molecule has 3 aromatic rings. The molecule has 0 aliphatic carbocycles. The molecular formula is C23H28N6O2. The molecule has 0 atom stereocenters. The molecule has 3 rings (SSSR count). The number of benzene rings is 2. The Morgan fingerprint density at radius 2 is 1.65 bits per heavy atom. The van der Waals surface area contributed by atoms with Crippen molar-refractivity contribution < 1.29 is 9.53 Å². The van der Waals surface area contributed by atoms with E-state index in [4.69, 9.17) is 4.74 Å². The molecule has 8 heteroatoms. The standard InChI is InChI=1S/C23H28N6O2/c1-5-29(6-2)21-15-16(3)24-22(28-21)25-17-11-13-18(14-12-17)26-23(30)27-19-9-7-8-10-20(19)31-4/h7-15H,5-6H2,1-4H3,(H,24,25,28)(H2,26,27,30). The normalized spacial score (nSPS) is 10.3. The van der Waals surface area contributed by atoms with Crippen LogP contribution in [0.4, 0.5) is 33.6 Å². The smallest absolute Gasteiger partial charge is 0.323 e. The maximum atomic E-state index is 12.3. The number of amides is 2. The monoisotopic (exact) mass is 420 g/mol. The zero-order valence-electron chi connectivity index (χ0n) is 18.3. The van der Waals surface area contributed by atoms with Crippen molar-refractivity contribution in [2.75, 3.05) is 41.0 Å². The molecule has 2 aromatic carbocycles. The highest BCUT2D eigenvalue weighted by molar-refractivity contribution is 6.00. The van der Waals surface area contributed by atoms with Crippen molar-refractivity contribution in [3.63, 3.8) is 0 Å². The molecule has 1 heterocycles. The number of carbonyl (C=O) groups excluding carboxylic acids is 1. The van der Waals surface area contributed by atoms with Gasteiger partial charge in [0.2, 0.25) is 5.95 Å². The molecule has 0 fully saturated rings. The SMILES string of the molecule is CCN(CC)c1cc(C)nc(Nc2ccc(NC(=O)Nc3ccccc3OC)cc2)n1. The highest BCUT2D eigenvalue weighted by atomic mass is 16.5. The van der Waals surface area contributed by atoms with Gasteiger partial charge in [-0.1, -0.05) is 12.1 Å². The summed E-state index contributed by atoms with van der Waals surface area (Å²) in [5, 5.41) is 8.82. The summed E-state index contributed by atoms with van der Waals surface area (Å²) in [6.45, 7) is 7.91. The van der Waals surface area contributed by atoms with E-state index in [0.717, 1.165) is 30.3 Å². The predicted molar refractivity (Wildman–Crippen MR) is 126 cm³/mol. The third-order valence-corrected chi connectivity index (χ3v) is 4.68. The second kappa shape index (κ2) is 10.3. The number of hydrogen-bond donors (Lipinski definition) is 3. The number of anilines is 5. The van der Waals surface area contributed by atoms with E-state index in [9.17, 15) is 4.79 Å². The van der Waals surface area contributed by atoms with Gasteiger partial charge in [0, 0.05) is 36.2 Å². The van der Waals surface area contributed by atoms with Gasteiger partial charge in [0.25, 0.3) is 0 Å². The Balaban J connectivity index is 1.65. The summed E-state index contributed by atoms with van der Waals surface area (Å²) in [6.07, 6.45) is 0. The summed E-state index contributed by atoms with van der Waals surface area (Å²) in [7, 11) is 1.56. The van der Waals surface area contributed by atoms with Gasteiger partial charge >= 0.3 is 6.03 Å². The highest BCUT2D eigenvalue weighted by Gasteiger charge is 2.09. The first-order valence-electron chi connectivity index (χ1n) is 10.2. The molecule has 31 heavy (non-hydrogen) atoms. The molecule has 0 aliphatic heterocycles. The molecule has 3 N–H and O–H groups in total. The van der Waals surface area contributed by atoms with E-state index in [1.54, 1.807) is 19.2 Å². The third kappa shape index (κ3) is 5.85. The number of carbonyl (C=O) groups is 1. The van der Waals surface area contributed by atoms with Crippen molar-refractivity contribution in [2.24, 2.45) is 0 Å². The van der Waals surface area contributed by atoms with Gasteiger partial charge in [-0.05, 0) is 57.2 Å². The Labute approximate surface area is 182 Å². The predicted octanol–water partition coefficient (Wildman–Crippen LogP) is 5.03. The van der Waals surface area contributed by atoms with E-state index in [2.05, 4.69) is 44.7 Å². The first-order valence-corrected chi connectivity index (χ1v) is 10.2. The van der Waals surface area contributed by atoms with Crippen molar-refractivity contribution in [2.45, 2.75) is 20.8 Å². The molecule has 0 spiro atoms. The summed E-state index contributed by atoms with van der Waals surface area (Å²) in [5.74, 6) is 2.03. The number of nitrogens with zero attached hydrogens (tertiary/aromatic N) is 3. The number of aryl methyl sites for hydroxylation is 1. The van der Waals surface area contributed by atoms with Crippen LogP contribution >= 0.6 is 0 Å². The average Bonchev–Trinajstić information content (AvgIpc) is 2.76. The largest absolute Gasteiger partial charge is 0.495 e. The molecular weight excluding hydrogens is 392 g/mol. The Bertz CT molecular complexity index is 1020. The molecule has 0 radical (unpaired) electrons. The van der Waals surface area contributed by atoms with Gasteiger partial charge in [-0.25, -0.2) is 9.78 Å². The van der Waals surface area contributed by atoms with Crippen molar-refractivity contribution in [1.29, 1.82) is 0 Å². The Morgan fingerprint density at radius 3 is 2.32 bits per heavy atom. The quantitative estimate of drug-likeness (QED) is 0.474. The van der Waals surface area contributed by atoms with Crippen LogP contribution in [0, 0.1) is 6.92 Å². The lowest BCUT2D eigenvalue weighted by Gasteiger charge is -2.20. The average molecular weight is 421 g/mol. The topological polar surface area (TPSA) is 91.4 Å². The van der Waals surface area contributed by atoms with Crippen LogP contribution in [0.15, 0.2) is 54.6 Å². The number of methoxy groups -OCH3 is 1. The molecule has 0 saturated carbocycles. The first kappa shape index (κ1) is 21.9. The van der Waals surface area contributed by atoms with Crippen LogP contribution < -0.4 is 25.6 Å². The van der Waals surface area contributed by atoms with E-state index >= 15 is 0 Å². The van der Waals surface area contributed by atoms with E-state index in [1.165, 1.54) is 0 Å². The molecule has 1 aromatic heterocycles. The fourth-order valence-corrected chi connectivity index (χ4v) is 3.12. The van der Waals surface area contributed by atoms with Gasteiger partial charge in [0.1, 0.15) is 11.6 Å². The van der Waals surface area contributed by atoms with Gasteiger partial charge in [0.15, 0.2) is 0 Å². The van der Waals surface area contributed by atoms with Crippen LogP contribution in [0.25, 0.3) is 0 Å². The van der Waals surface area contributed by atoms with Gasteiger partial charge in [-0.15, -0.1) is 0 Å². The Kier molecular flexibility index (Phi) is 7.26. The Hall–Kier alpha value is -3.81. The van der Waals surface area contributed by atoms with Crippen LogP contribution in [-0.2, 0) is 0 Å². The van der Waals surface area contributed by atoms with E-state index in [0.29, 0.717) is 23.1 Å². The summed E-state index contributed by atoms with van der Waals surface area (Å²) in [5.41, 5.74) is 2.98. The number of urea groups is 1. The van der Waals surface area contributed by atoms with E-state index in [1.807, 2.05) is 49.4 Å². The second-order valence-corrected chi connectivity index (χ2v) is 6.85. The van der Waals surface area contributed by atoms with Gasteiger partial charge < -0.3 is 25.6 Å². The molecule has 0 unspecified atom stereocenters. The molecule has 162 valence electrons. The lowest BCUT2D eigenvalue weighted by molar-refractivity contribution is 0.262. The van der Waals surface area contributed by atoms with E-state index in [-0.39, 0.29) is 6.03 Å². The van der Waals surface area contributed by atoms with Crippen LogP contribution in [-0.4, -0.2) is 36.2 Å². The first-order chi connectivity index (χ1) is 15.0. The summed E-state index contributed by atoms with van der Waals surface area (Å²) >= 11 is 0. The fraction of sp³-hybridized carbons (Fsp3) is 0.261. The lowest BCUT2D eigenvalue weighted by atomic mass is 10.2. The van der Waals surface area contributed by atoms with Crippen LogP contribution in [0.5, 0.6) is 5.75 Å². The molecule has 0 saturated heterocycles. The zero-order valence-corrected chi connectivity index (χ0v) is 18.3. The van der Waals surface area contributed by atoms with Gasteiger partial charge in [0.05, 0.1) is 12.8 Å². The van der Waals surface area contributed by atoms with Gasteiger partial charge in [-0.3, -0.25) is 0 Å². The number of hydrogen-bond acceptors (Lipinski definition) is 6. The van der Waals surface area contributed by atoms with E-state index < -0.39 is 0 Å². The fourth-order valence-electron chi connectivity index (χ4n) is 3.12. The summed E-state index contributed by atoms with van der Waals surface area (Å²) in [6, 6.07) is 16.2. The second-order valence-electron chi connectivity index (χ2n) is 6.85. The minimum absolute atomic E-state index is 0.351. The van der Waals surface area contributed by atoms with Crippen molar-refractivity contribution in [1.82, 2.24) is 9.97 Å². The van der Waals surface area contributed by atoms with Crippen LogP contribution in [0.2, 0.25) is 0 Å². The van der Waals surface area contributed by atoms with Crippen molar-refractivity contribution in [3.8, 4) is 5.75 Å². The molecule has 0 bridgehead atoms. The molecule has 0 aliphatic rings. The maximum absolute atomic E-state index is 12.3. The number of ether oxygens (including phenoxy) is 1. The number of rotatable bonds is 8. The minimum Gasteiger partial charge on any atom is -0.495 e. The highest BCUT2D eigenvalue weighted by Crippen LogP contribution is 2.24. The Morgan fingerprint density at radius 1 is 0.968 bits per heavy atom. The number of aromatic nitrogens is 2. The third-order valence-electron chi connectivity index (χ3n) is 4.68. The summed E-state index contributed by atoms with van der Waals surface area (Å²) in [4.78, 5) is 23.6. The van der Waals surface area contributed by atoms with Crippen LogP contribution in [0.3, 0.4) is 0 Å². The van der Waals surface area contributed by atoms with Gasteiger partial charge in [-0.2, -0.15) is 4.98 Å². The number of nitrogens with one attached hydrogen (secondary N) is 3. The van der Waals surface area contributed by atoms with Crippen LogP contribution in [0.1, 0.15) is 19.5 Å². The molecule has 2 amide bonds. The minimum atomic E-state index is -0.351. The van der Waals surface area contributed by atoms with Crippen molar-refractivity contribution >= 4 is 34.9 Å². The van der Waals surface area contributed by atoms with Crippen molar-refractivity contribution in [3.05, 3.63) is 60.3 Å².